The third-order valence-corrected chi connectivity index (χ3v) is 6.52. The van der Waals surface area contributed by atoms with E-state index < -0.39 is 0 Å². The van der Waals surface area contributed by atoms with Crippen LogP contribution in [0.3, 0.4) is 0 Å². The molecule has 1 saturated heterocycles. The van der Waals surface area contributed by atoms with E-state index in [1.807, 2.05) is 0 Å². The summed E-state index contributed by atoms with van der Waals surface area (Å²) < 4.78 is 0. The van der Waals surface area contributed by atoms with Gasteiger partial charge in [-0.2, -0.15) is 0 Å². The average molecular weight is 379 g/mol. The molecule has 3 heterocycles. The van der Waals surface area contributed by atoms with Crippen molar-refractivity contribution in [1.82, 2.24) is 19.7 Å². The average Bonchev–Trinajstić information content (AvgIpc) is 2.68. The van der Waals surface area contributed by atoms with Gasteiger partial charge in [-0.1, -0.05) is 30.3 Å². The van der Waals surface area contributed by atoms with Crippen LogP contribution in [0.2, 0.25) is 0 Å². The van der Waals surface area contributed by atoms with Crippen molar-refractivity contribution in [2.45, 2.75) is 38.3 Å². The molecule has 0 aliphatic carbocycles. The Kier molecular flexibility index (Phi) is 5.81. The Balaban J connectivity index is 1.47. The van der Waals surface area contributed by atoms with Crippen LogP contribution < -0.4 is 0 Å². The molecule has 4 nitrogen and oxygen atoms in total. The first-order chi connectivity index (χ1) is 13.5. The van der Waals surface area contributed by atoms with Crippen LogP contribution >= 0.6 is 0 Å². The molecule has 28 heavy (non-hydrogen) atoms. The zero-order valence-corrected chi connectivity index (χ0v) is 17.7. The fourth-order valence-electron chi connectivity index (χ4n) is 4.97. The molecule has 0 atom stereocenters. The number of aryl methyl sites for hydroxylation is 1. The Hall–Kier alpha value is -1.75. The molecule has 150 valence electrons. The van der Waals surface area contributed by atoms with Gasteiger partial charge in [-0.15, -0.1) is 0 Å². The molecule has 0 N–H and O–H groups in total. The highest BCUT2D eigenvalue weighted by Gasteiger charge is 2.41. The first-order valence-electron chi connectivity index (χ1n) is 10.6. The van der Waals surface area contributed by atoms with Crippen molar-refractivity contribution in [3.63, 3.8) is 0 Å². The van der Waals surface area contributed by atoms with Gasteiger partial charge in [0.05, 0.1) is 5.69 Å². The number of hydrogen-bond acceptors (Lipinski definition) is 4. The van der Waals surface area contributed by atoms with Crippen LogP contribution in [0, 0.1) is 6.92 Å². The van der Waals surface area contributed by atoms with E-state index in [0.717, 1.165) is 45.0 Å². The van der Waals surface area contributed by atoms with E-state index in [0.29, 0.717) is 5.41 Å². The topological polar surface area (TPSA) is 22.6 Å². The highest BCUT2D eigenvalue weighted by Crippen LogP contribution is 2.41. The number of rotatable bonds is 5. The fraction of sp³-hybridized carbons (Fsp3) is 0.542. The highest BCUT2D eigenvalue weighted by atomic mass is 15.2. The molecule has 0 saturated carbocycles. The van der Waals surface area contributed by atoms with E-state index >= 15 is 0 Å². The van der Waals surface area contributed by atoms with Crippen LogP contribution in [0.4, 0.5) is 0 Å². The van der Waals surface area contributed by atoms with Crippen LogP contribution in [-0.2, 0) is 18.5 Å². The summed E-state index contributed by atoms with van der Waals surface area (Å²) in [5.74, 6) is 0. The molecule has 2 aliphatic heterocycles. The van der Waals surface area contributed by atoms with E-state index in [4.69, 9.17) is 4.98 Å². The van der Waals surface area contributed by atoms with Gasteiger partial charge in [0.25, 0.3) is 0 Å². The molecular formula is C24H34N4. The van der Waals surface area contributed by atoms with Gasteiger partial charge in [0.15, 0.2) is 0 Å². The molecule has 4 rings (SSSR count). The molecule has 1 aromatic heterocycles. The Morgan fingerprint density at radius 1 is 1.00 bits per heavy atom. The van der Waals surface area contributed by atoms with Gasteiger partial charge in [0.2, 0.25) is 0 Å². The number of piperidine rings is 1. The number of aromatic nitrogens is 1. The summed E-state index contributed by atoms with van der Waals surface area (Å²) in [6.07, 6.45) is 2.49. The number of benzene rings is 1. The minimum absolute atomic E-state index is 0.317. The summed E-state index contributed by atoms with van der Waals surface area (Å²) in [7, 11) is 4.34. The largest absolute Gasteiger partial charge is 0.308 e. The summed E-state index contributed by atoms with van der Waals surface area (Å²) >= 11 is 0. The number of fused-ring (bicyclic) bond motifs is 2. The Morgan fingerprint density at radius 3 is 2.54 bits per heavy atom. The predicted octanol–water partition coefficient (Wildman–Crippen LogP) is 3.30. The normalized spacial score (nSPS) is 19.9. The van der Waals surface area contributed by atoms with Crippen molar-refractivity contribution in [1.29, 1.82) is 0 Å². The van der Waals surface area contributed by atoms with Gasteiger partial charge < -0.3 is 4.90 Å². The highest BCUT2D eigenvalue weighted by molar-refractivity contribution is 5.38. The van der Waals surface area contributed by atoms with Gasteiger partial charge in [-0.25, -0.2) is 0 Å². The van der Waals surface area contributed by atoms with Crippen LogP contribution in [0.1, 0.15) is 35.4 Å². The molecular weight excluding hydrogens is 344 g/mol. The van der Waals surface area contributed by atoms with Gasteiger partial charge in [0, 0.05) is 43.8 Å². The first-order valence-corrected chi connectivity index (χ1v) is 10.6. The number of likely N-dealkylation sites (tertiary alicyclic amines) is 1. The van der Waals surface area contributed by atoms with E-state index in [1.165, 1.54) is 25.1 Å². The Labute approximate surface area is 170 Å². The minimum Gasteiger partial charge on any atom is -0.308 e. The summed E-state index contributed by atoms with van der Waals surface area (Å²) in [5, 5.41) is 0. The monoisotopic (exact) mass is 378 g/mol. The number of pyridine rings is 1. The van der Waals surface area contributed by atoms with E-state index in [9.17, 15) is 0 Å². The third-order valence-electron chi connectivity index (χ3n) is 6.52. The van der Waals surface area contributed by atoms with Crippen molar-refractivity contribution in [2.24, 2.45) is 0 Å². The lowest BCUT2D eigenvalue weighted by atomic mass is 9.69. The number of likely N-dealkylation sites (N-methyl/N-ethyl adjacent to an activating group) is 1. The predicted molar refractivity (Wildman–Crippen MR) is 115 cm³/mol. The Morgan fingerprint density at radius 2 is 1.79 bits per heavy atom. The maximum absolute atomic E-state index is 4.71. The van der Waals surface area contributed by atoms with Gasteiger partial charge in [-0.3, -0.25) is 14.8 Å². The Bertz CT molecular complexity index is 793. The molecule has 2 aromatic rings. The molecule has 0 amide bonds. The third kappa shape index (κ3) is 4.29. The molecule has 0 unspecified atom stereocenters. The van der Waals surface area contributed by atoms with Crippen molar-refractivity contribution in [3.05, 3.63) is 65.0 Å². The fourth-order valence-corrected chi connectivity index (χ4v) is 4.97. The lowest BCUT2D eigenvalue weighted by Crippen LogP contribution is -2.52. The lowest BCUT2D eigenvalue weighted by molar-refractivity contribution is 0.0903. The van der Waals surface area contributed by atoms with E-state index in [2.05, 4.69) is 78.2 Å². The second-order valence-corrected chi connectivity index (χ2v) is 9.00. The zero-order valence-electron chi connectivity index (χ0n) is 17.7. The van der Waals surface area contributed by atoms with E-state index in [1.54, 1.807) is 11.1 Å². The molecule has 1 fully saturated rings. The van der Waals surface area contributed by atoms with Crippen molar-refractivity contribution in [2.75, 3.05) is 46.8 Å². The summed E-state index contributed by atoms with van der Waals surface area (Å²) in [5.41, 5.74) is 5.79. The van der Waals surface area contributed by atoms with Crippen molar-refractivity contribution in [3.8, 4) is 0 Å². The second kappa shape index (κ2) is 8.32. The molecule has 4 heteroatoms. The lowest BCUT2D eigenvalue weighted by Gasteiger charge is -2.49. The summed E-state index contributed by atoms with van der Waals surface area (Å²) in [6.45, 7) is 9.96. The van der Waals surface area contributed by atoms with Crippen molar-refractivity contribution >= 4 is 0 Å². The molecule has 1 spiro atoms. The molecule has 1 aromatic carbocycles. The first kappa shape index (κ1) is 19.6. The number of nitrogens with zero attached hydrogens (tertiary/aromatic N) is 4. The van der Waals surface area contributed by atoms with Crippen LogP contribution in [0.25, 0.3) is 0 Å². The zero-order chi connectivity index (χ0) is 19.6. The smallest absolute Gasteiger partial charge is 0.0547 e. The standard InChI is InChI=1S/C24H34N4/c1-20-7-6-9-22(25-20)18-27-13-11-24(12-14-27)19-28(16-15-26(2)3)17-21-8-4-5-10-23(21)24/h4-10H,11-19H2,1-3H3. The van der Waals surface area contributed by atoms with Crippen LogP contribution in [-0.4, -0.2) is 66.5 Å². The second-order valence-electron chi connectivity index (χ2n) is 9.00. The van der Waals surface area contributed by atoms with Crippen molar-refractivity contribution < 1.29 is 0 Å². The summed E-state index contributed by atoms with van der Waals surface area (Å²) in [6, 6.07) is 15.6. The maximum atomic E-state index is 4.71. The molecule has 0 bridgehead atoms. The quantitative estimate of drug-likeness (QED) is 0.796. The summed E-state index contributed by atoms with van der Waals surface area (Å²) in [4.78, 5) is 12.3. The van der Waals surface area contributed by atoms with E-state index in [-0.39, 0.29) is 0 Å². The SMILES string of the molecule is Cc1cccc(CN2CCC3(CC2)CN(CCN(C)C)Cc2ccccc23)n1. The van der Waals surface area contributed by atoms with Gasteiger partial charge in [0.1, 0.15) is 0 Å². The minimum atomic E-state index is 0.317. The maximum Gasteiger partial charge on any atom is 0.0547 e. The molecule has 2 aliphatic rings. The number of hydrogen-bond donors (Lipinski definition) is 0. The molecule has 0 radical (unpaired) electrons. The van der Waals surface area contributed by atoms with Crippen LogP contribution in [0.15, 0.2) is 42.5 Å². The van der Waals surface area contributed by atoms with Gasteiger partial charge in [-0.05, 0) is 70.2 Å². The van der Waals surface area contributed by atoms with Crippen LogP contribution in [0.5, 0.6) is 0 Å². The van der Waals surface area contributed by atoms with Gasteiger partial charge >= 0.3 is 0 Å².